The molecule has 1 unspecified atom stereocenters. The first kappa shape index (κ1) is 27.2. The summed E-state index contributed by atoms with van der Waals surface area (Å²) >= 11 is 0. The SMILES string of the molecule is COc1ncc(-c2cccc(N=C(Nc3ccccc3)C(C)Nc3nc(C)ncc3C(F)(F)F)c2C=O)cn1.[HH]. The Hall–Kier alpha value is -4.87. The van der Waals surface area contributed by atoms with E-state index in [4.69, 9.17) is 4.74 Å². The van der Waals surface area contributed by atoms with Crippen molar-refractivity contribution >= 4 is 29.3 Å². The Morgan fingerprint density at radius 3 is 2.41 bits per heavy atom. The standard InChI is InChI=1S/C27H24F3N7O2.H2/c1-16(34-25-22(27(28,29)30)14-31-17(2)35-25)24(36-19-8-5-4-6-9-19)37-23-11-7-10-20(21(23)15-38)18-12-32-26(39-3)33-13-18;/h4-16H,1-3H3,(H,36,37)(H,31,34,35);1H. The number of carbonyl (C=O) groups is 1. The van der Waals surface area contributed by atoms with Crippen LogP contribution in [0.15, 0.2) is 72.1 Å². The lowest BCUT2D eigenvalue weighted by molar-refractivity contribution is -0.137. The number of hydrogen-bond acceptors (Lipinski definition) is 8. The molecule has 39 heavy (non-hydrogen) atoms. The number of amidine groups is 1. The van der Waals surface area contributed by atoms with E-state index in [0.717, 1.165) is 6.20 Å². The van der Waals surface area contributed by atoms with Gasteiger partial charge < -0.3 is 15.4 Å². The van der Waals surface area contributed by atoms with Crippen molar-refractivity contribution in [2.24, 2.45) is 4.99 Å². The predicted molar refractivity (Wildman–Crippen MR) is 144 cm³/mol. The van der Waals surface area contributed by atoms with E-state index in [1.54, 1.807) is 49.4 Å². The van der Waals surface area contributed by atoms with Gasteiger partial charge in [0.15, 0.2) is 6.29 Å². The number of alkyl halides is 3. The summed E-state index contributed by atoms with van der Waals surface area (Å²) in [5, 5.41) is 5.96. The van der Waals surface area contributed by atoms with Crippen LogP contribution in [-0.2, 0) is 6.18 Å². The van der Waals surface area contributed by atoms with Gasteiger partial charge in [-0.3, -0.25) is 4.79 Å². The molecule has 202 valence electrons. The Bertz CT molecular complexity index is 1480. The molecule has 0 saturated heterocycles. The molecule has 2 aromatic heterocycles. The number of anilines is 2. The fourth-order valence-electron chi connectivity index (χ4n) is 3.68. The van der Waals surface area contributed by atoms with E-state index >= 15 is 0 Å². The fraction of sp³-hybridized carbons (Fsp3) is 0.185. The third-order valence-electron chi connectivity index (χ3n) is 5.59. The zero-order valence-electron chi connectivity index (χ0n) is 21.2. The van der Waals surface area contributed by atoms with E-state index in [9.17, 15) is 18.0 Å². The van der Waals surface area contributed by atoms with E-state index in [-0.39, 0.29) is 30.5 Å². The first-order valence-electron chi connectivity index (χ1n) is 11.7. The average molecular weight is 538 g/mol. The number of aliphatic imine (C=N–C) groups is 1. The number of methoxy groups -OCH3 is 1. The van der Waals surface area contributed by atoms with Gasteiger partial charge in [0.1, 0.15) is 23.0 Å². The molecule has 4 rings (SSSR count). The summed E-state index contributed by atoms with van der Waals surface area (Å²) in [6.07, 6.45) is -0.231. The number of halogens is 3. The van der Waals surface area contributed by atoms with Gasteiger partial charge in [0, 0.05) is 36.8 Å². The van der Waals surface area contributed by atoms with Crippen LogP contribution in [0.4, 0.5) is 30.4 Å². The largest absolute Gasteiger partial charge is 0.467 e. The molecule has 2 aromatic carbocycles. The van der Waals surface area contributed by atoms with Gasteiger partial charge in [-0.05, 0) is 37.6 Å². The van der Waals surface area contributed by atoms with Crippen molar-refractivity contribution in [3.63, 3.8) is 0 Å². The highest BCUT2D eigenvalue weighted by Gasteiger charge is 2.35. The highest BCUT2D eigenvalue weighted by Crippen LogP contribution is 2.34. The fourth-order valence-corrected chi connectivity index (χ4v) is 3.68. The summed E-state index contributed by atoms with van der Waals surface area (Å²) in [5.41, 5.74) is 1.27. The van der Waals surface area contributed by atoms with Gasteiger partial charge >= 0.3 is 12.2 Å². The summed E-state index contributed by atoms with van der Waals surface area (Å²) in [7, 11) is 1.44. The van der Waals surface area contributed by atoms with Gasteiger partial charge in [-0.25, -0.2) is 24.9 Å². The maximum absolute atomic E-state index is 13.7. The van der Waals surface area contributed by atoms with Crippen molar-refractivity contribution in [1.82, 2.24) is 19.9 Å². The van der Waals surface area contributed by atoms with E-state index in [2.05, 4.69) is 35.6 Å². The number of para-hydroxylation sites is 1. The molecule has 0 saturated carbocycles. The van der Waals surface area contributed by atoms with Gasteiger partial charge in [-0.15, -0.1) is 0 Å². The normalized spacial score (nSPS) is 12.5. The summed E-state index contributed by atoms with van der Waals surface area (Å²) in [6, 6.07) is 13.4. The van der Waals surface area contributed by atoms with Gasteiger partial charge in [0.2, 0.25) is 0 Å². The number of aryl methyl sites for hydroxylation is 1. The Morgan fingerprint density at radius 2 is 1.77 bits per heavy atom. The van der Waals surface area contributed by atoms with E-state index in [1.165, 1.54) is 26.4 Å². The second kappa shape index (κ2) is 11.7. The molecular formula is C27H26F3N7O2. The second-order valence-electron chi connectivity index (χ2n) is 8.35. The summed E-state index contributed by atoms with van der Waals surface area (Å²) < 4.78 is 46.0. The zero-order valence-corrected chi connectivity index (χ0v) is 21.2. The predicted octanol–water partition coefficient (Wildman–Crippen LogP) is 5.97. The monoisotopic (exact) mass is 537 g/mol. The number of aromatic nitrogens is 4. The van der Waals surface area contributed by atoms with Crippen LogP contribution in [0.2, 0.25) is 0 Å². The summed E-state index contributed by atoms with van der Waals surface area (Å²) in [5.74, 6) is 0.0338. The van der Waals surface area contributed by atoms with Crippen molar-refractivity contribution in [3.8, 4) is 17.1 Å². The van der Waals surface area contributed by atoms with Crippen LogP contribution < -0.4 is 15.4 Å². The number of carbonyl (C=O) groups excluding carboxylic acids is 1. The molecule has 0 bridgehead atoms. The number of hydrogen-bond donors (Lipinski definition) is 2. The summed E-state index contributed by atoms with van der Waals surface area (Å²) in [4.78, 5) is 32.8. The van der Waals surface area contributed by atoms with Crippen molar-refractivity contribution in [2.45, 2.75) is 26.1 Å². The number of nitrogens with zero attached hydrogens (tertiary/aromatic N) is 5. The third kappa shape index (κ3) is 6.53. The van der Waals surface area contributed by atoms with Crippen LogP contribution in [0, 0.1) is 6.92 Å². The average Bonchev–Trinajstić information content (AvgIpc) is 2.92. The number of rotatable bonds is 8. The van der Waals surface area contributed by atoms with Crippen LogP contribution in [0.25, 0.3) is 11.1 Å². The van der Waals surface area contributed by atoms with Crippen LogP contribution in [-0.4, -0.2) is 45.2 Å². The van der Waals surface area contributed by atoms with Crippen molar-refractivity contribution in [2.75, 3.05) is 17.7 Å². The highest BCUT2D eigenvalue weighted by atomic mass is 19.4. The molecule has 4 aromatic rings. The maximum Gasteiger partial charge on any atom is 0.421 e. The van der Waals surface area contributed by atoms with Crippen LogP contribution in [0.5, 0.6) is 6.01 Å². The van der Waals surface area contributed by atoms with Gasteiger partial charge in [-0.1, -0.05) is 30.3 Å². The molecule has 0 amide bonds. The Balaban J connectivity index is 0.00000441. The lowest BCUT2D eigenvalue weighted by Crippen LogP contribution is -2.33. The van der Waals surface area contributed by atoms with E-state index < -0.39 is 17.8 Å². The molecule has 9 nitrogen and oxygen atoms in total. The molecule has 0 spiro atoms. The minimum atomic E-state index is -4.67. The molecule has 2 heterocycles. The third-order valence-corrected chi connectivity index (χ3v) is 5.59. The minimum absolute atomic E-state index is 0. The Kier molecular flexibility index (Phi) is 8.13. The number of benzene rings is 2. The molecule has 12 heteroatoms. The second-order valence-corrected chi connectivity index (χ2v) is 8.35. The Labute approximate surface area is 223 Å². The number of ether oxygens (including phenoxy) is 1. The molecule has 0 radical (unpaired) electrons. The Morgan fingerprint density at radius 1 is 1.05 bits per heavy atom. The first-order valence-corrected chi connectivity index (χ1v) is 11.7. The van der Waals surface area contributed by atoms with Gasteiger partial charge in [0.25, 0.3) is 0 Å². The van der Waals surface area contributed by atoms with Crippen molar-refractivity contribution in [1.29, 1.82) is 0 Å². The van der Waals surface area contributed by atoms with Crippen LogP contribution >= 0.6 is 0 Å². The molecule has 2 N–H and O–H groups in total. The summed E-state index contributed by atoms with van der Waals surface area (Å²) in [6.45, 7) is 3.13. The molecule has 0 aliphatic heterocycles. The topological polar surface area (TPSA) is 114 Å². The van der Waals surface area contributed by atoms with E-state index in [1.807, 2.05) is 6.07 Å². The van der Waals surface area contributed by atoms with Crippen LogP contribution in [0.3, 0.4) is 0 Å². The number of nitrogens with one attached hydrogen (secondary N) is 2. The molecular weight excluding hydrogens is 511 g/mol. The quantitative estimate of drug-likeness (QED) is 0.161. The lowest BCUT2D eigenvalue weighted by atomic mass is 10.0. The number of aldehydes is 1. The molecule has 0 aliphatic rings. The van der Waals surface area contributed by atoms with Crippen LogP contribution in [0.1, 0.15) is 30.1 Å². The molecule has 0 fully saturated rings. The van der Waals surface area contributed by atoms with E-state index in [0.29, 0.717) is 28.8 Å². The smallest absolute Gasteiger partial charge is 0.421 e. The van der Waals surface area contributed by atoms with Gasteiger partial charge in [-0.2, -0.15) is 13.2 Å². The lowest BCUT2D eigenvalue weighted by Gasteiger charge is -2.21. The first-order chi connectivity index (χ1) is 18.7. The van der Waals surface area contributed by atoms with Crippen molar-refractivity contribution in [3.05, 3.63) is 84.1 Å². The van der Waals surface area contributed by atoms with Gasteiger partial charge in [0.05, 0.1) is 18.8 Å². The minimum Gasteiger partial charge on any atom is -0.467 e. The molecule has 0 aliphatic carbocycles. The van der Waals surface area contributed by atoms with Crippen molar-refractivity contribution < 1.29 is 24.1 Å². The molecule has 1 atom stereocenters. The maximum atomic E-state index is 13.7. The zero-order chi connectivity index (χ0) is 28.0. The highest BCUT2D eigenvalue weighted by molar-refractivity contribution is 6.04.